The Morgan fingerprint density at radius 3 is 2.74 bits per heavy atom. The van der Waals surface area contributed by atoms with Gasteiger partial charge in [0.2, 0.25) is 11.9 Å². The molecule has 1 aliphatic heterocycles. The average Bonchev–Trinajstić information content (AvgIpc) is 3.45. The molecule has 2 N–H and O–H groups in total. The molecule has 0 spiro atoms. The topological polar surface area (TPSA) is 84.5 Å². The fourth-order valence-electron chi connectivity index (χ4n) is 4.05. The van der Waals surface area contributed by atoms with E-state index in [1.807, 2.05) is 0 Å². The first-order valence-electron chi connectivity index (χ1n) is 9.48. The molecule has 1 amide bonds. The van der Waals surface area contributed by atoms with Crippen LogP contribution in [0.15, 0.2) is 35.6 Å². The Morgan fingerprint density at radius 2 is 2.10 bits per heavy atom. The minimum Gasteiger partial charge on any atom is -0.378 e. The molecule has 0 bridgehead atoms. The number of thioether (sulfide) groups is 1. The van der Waals surface area contributed by atoms with Gasteiger partial charge in [0.1, 0.15) is 10.6 Å². The summed E-state index contributed by atoms with van der Waals surface area (Å²) in [7, 11) is 3.33. The van der Waals surface area contributed by atoms with E-state index in [-0.39, 0.29) is 28.1 Å². The van der Waals surface area contributed by atoms with E-state index >= 15 is 0 Å². The van der Waals surface area contributed by atoms with Crippen LogP contribution in [0.5, 0.6) is 0 Å². The first-order valence-corrected chi connectivity index (χ1v) is 10.7. The number of nitrogens with two attached hydrogens (primary N) is 1. The van der Waals surface area contributed by atoms with Crippen LogP contribution >= 0.6 is 23.4 Å². The molecule has 2 aromatic rings. The van der Waals surface area contributed by atoms with Gasteiger partial charge in [0.25, 0.3) is 0 Å². The predicted molar refractivity (Wildman–Crippen MR) is 119 cm³/mol. The lowest BCUT2D eigenvalue weighted by Crippen LogP contribution is -2.43. The summed E-state index contributed by atoms with van der Waals surface area (Å²) in [4.78, 5) is 26.6. The van der Waals surface area contributed by atoms with Gasteiger partial charge in [0.15, 0.2) is 5.17 Å². The zero-order valence-electron chi connectivity index (χ0n) is 17.1. The first kappa shape index (κ1) is 21.7. The maximum atomic E-state index is 14.9. The van der Waals surface area contributed by atoms with Crippen molar-refractivity contribution in [1.82, 2.24) is 14.9 Å². The Labute approximate surface area is 187 Å². The minimum atomic E-state index is -1.15. The molecular formula is C21H20ClF2N5OS. The third kappa shape index (κ3) is 3.70. The summed E-state index contributed by atoms with van der Waals surface area (Å²) in [6, 6.07) is 4.53. The second-order valence-corrected chi connectivity index (χ2v) is 9.79. The second-order valence-electron chi connectivity index (χ2n) is 8.00. The van der Waals surface area contributed by atoms with Crippen LogP contribution in [-0.4, -0.2) is 44.8 Å². The summed E-state index contributed by atoms with van der Waals surface area (Å²) in [5.74, 6) is -1.80. The lowest BCUT2D eigenvalue weighted by Gasteiger charge is -2.34. The normalized spacial score (nSPS) is 27.4. The van der Waals surface area contributed by atoms with Gasteiger partial charge in [-0.3, -0.25) is 14.8 Å². The van der Waals surface area contributed by atoms with Crippen molar-refractivity contribution >= 4 is 46.3 Å². The van der Waals surface area contributed by atoms with E-state index in [4.69, 9.17) is 17.3 Å². The number of fused-ring (bicyclic) bond motifs is 1. The molecule has 2 aliphatic rings. The van der Waals surface area contributed by atoms with E-state index in [0.29, 0.717) is 17.1 Å². The number of hydrogen-bond acceptors (Lipinski definition) is 6. The van der Waals surface area contributed by atoms with Gasteiger partial charge in [-0.15, -0.1) is 0 Å². The fraction of sp³-hybridized carbons (Fsp3) is 0.333. The largest absolute Gasteiger partial charge is 0.378 e. The molecule has 162 valence electrons. The third-order valence-corrected chi connectivity index (χ3v) is 7.19. The van der Waals surface area contributed by atoms with Crippen LogP contribution in [0.4, 0.5) is 8.78 Å². The number of amides is 1. The van der Waals surface area contributed by atoms with E-state index in [1.54, 1.807) is 33.2 Å². The predicted octanol–water partition coefficient (Wildman–Crippen LogP) is 3.86. The van der Waals surface area contributed by atoms with Crippen LogP contribution in [0.2, 0.25) is 5.02 Å². The SMILES string of the molecule is CN(C)C(=O)[C@]12C[C@H]1[C@@](C)(c1cc(/C(F)=C/c3ccc(Cl)cn3)cnc1F)N=C(N)S2. The molecule has 3 heterocycles. The molecule has 0 unspecified atom stereocenters. The molecule has 1 aliphatic carbocycles. The molecule has 6 nitrogen and oxygen atoms in total. The number of nitrogens with zero attached hydrogens (tertiary/aromatic N) is 4. The maximum absolute atomic E-state index is 14.9. The van der Waals surface area contributed by atoms with Crippen molar-refractivity contribution in [2.24, 2.45) is 16.6 Å². The quantitative estimate of drug-likeness (QED) is 0.696. The van der Waals surface area contributed by atoms with Gasteiger partial charge in [0.05, 0.1) is 16.3 Å². The summed E-state index contributed by atoms with van der Waals surface area (Å²) in [5.41, 5.74) is 5.43. The maximum Gasteiger partial charge on any atom is 0.239 e. The molecule has 4 rings (SSSR count). The van der Waals surface area contributed by atoms with Crippen LogP contribution in [-0.2, 0) is 10.3 Å². The molecule has 2 aromatic heterocycles. The van der Waals surface area contributed by atoms with Gasteiger partial charge in [-0.05, 0) is 31.5 Å². The number of aliphatic imine (C=N–C) groups is 1. The van der Waals surface area contributed by atoms with Gasteiger partial charge in [-0.2, -0.15) is 4.39 Å². The van der Waals surface area contributed by atoms with E-state index in [9.17, 15) is 13.6 Å². The van der Waals surface area contributed by atoms with Crippen molar-refractivity contribution in [2.45, 2.75) is 23.6 Å². The second kappa shape index (κ2) is 7.56. The highest BCUT2D eigenvalue weighted by Gasteiger charge is 2.71. The number of aromatic nitrogens is 2. The zero-order chi connectivity index (χ0) is 22.6. The lowest BCUT2D eigenvalue weighted by atomic mass is 9.86. The standard InChI is InChI=1S/C21H20ClF2N5OS/c1-20(16-8-21(16,18(30)29(2)3)31-19(25)28-20)14-6-11(9-27-17(14)24)15(23)7-13-5-4-12(22)10-26-13/h4-7,9-10,16H,8H2,1-3H3,(H2,25,28)/b15-7-/t16-,20+,21-/m0/s1. The number of pyridine rings is 2. The Hall–Kier alpha value is -2.52. The summed E-state index contributed by atoms with van der Waals surface area (Å²) in [6.45, 7) is 1.71. The van der Waals surface area contributed by atoms with Crippen molar-refractivity contribution in [3.05, 3.63) is 58.4 Å². The third-order valence-electron chi connectivity index (χ3n) is 5.67. The summed E-state index contributed by atoms with van der Waals surface area (Å²) >= 11 is 7.01. The molecule has 31 heavy (non-hydrogen) atoms. The number of halogens is 3. The highest BCUT2D eigenvalue weighted by molar-refractivity contribution is 8.15. The van der Waals surface area contributed by atoms with E-state index in [0.717, 1.165) is 6.20 Å². The molecule has 0 saturated heterocycles. The van der Waals surface area contributed by atoms with Gasteiger partial charge in [-0.1, -0.05) is 23.4 Å². The van der Waals surface area contributed by atoms with Crippen molar-refractivity contribution in [3.63, 3.8) is 0 Å². The Balaban J connectivity index is 1.74. The minimum absolute atomic E-state index is 0.0755. The Bertz CT molecular complexity index is 1120. The van der Waals surface area contributed by atoms with Crippen LogP contribution in [0.3, 0.4) is 0 Å². The summed E-state index contributed by atoms with van der Waals surface area (Å²) < 4.78 is 29.0. The van der Waals surface area contributed by atoms with Crippen molar-refractivity contribution in [3.8, 4) is 0 Å². The molecule has 1 saturated carbocycles. The summed E-state index contributed by atoms with van der Waals surface area (Å²) in [5, 5.41) is 0.625. The molecule has 10 heteroatoms. The average molecular weight is 464 g/mol. The van der Waals surface area contributed by atoms with Crippen LogP contribution in [0.25, 0.3) is 11.9 Å². The van der Waals surface area contributed by atoms with Gasteiger partial charge < -0.3 is 10.6 Å². The molecule has 0 aromatic carbocycles. The number of carbonyl (C=O) groups excluding carboxylic acids is 1. The highest BCUT2D eigenvalue weighted by atomic mass is 35.5. The monoisotopic (exact) mass is 463 g/mol. The summed E-state index contributed by atoms with van der Waals surface area (Å²) in [6.07, 6.45) is 4.22. The number of rotatable bonds is 4. The zero-order valence-corrected chi connectivity index (χ0v) is 18.6. The molecular weight excluding hydrogens is 444 g/mol. The van der Waals surface area contributed by atoms with E-state index in [1.165, 1.54) is 35.0 Å². The van der Waals surface area contributed by atoms with Crippen molar-refractivity contribution in [1.29, 1.82) is 0 Å². The first-order chi connectivity index (χ1) is 14.6. The molecule has 0 radical (unpaired) electrons. The molecule has 1 fully saturated rings. The van der Waals surface area contributed by atoms with Crippen LogP contribution in [0.1, 0.15) is 30.2 Å². The van der Waals surface area contributed by atoms with E-state index < -0.39 is 22.1 Å². The van der Waals surface area contributed by atoms with Crippen LogP contribution in [0, 0.1) is 11.9 Å². The fourth-order valence-corrected chi connectivity index (χ4v) is 5.66. The number of hydrogen-bond donors (Lipinski definition) is 1. The van der Waals surface area contributed by atoms with Crippen LogP contribution < -0.4 is 5.73 Å². The number of amidine groups is 1. The van der Waals surface area contributed by atoms with Gasteiger partial charge in [0, 0.05) is 49.6 Å². The van der Waals surface area contributed by atoms with E-state index in [2.05, 4.69) is 15.0 Å². The highest BCUT2D eigenvalue weighted by Crippen LogP contribution is 2.66. The van der Waals surface area contributed by atoms with Gasteiger partial charge >= 0.3 is 0 Å². The molecule has 3 atom stereocenters. The van der Waals surface area contributed by atoms with Crippen molar-refractivity contribution < 1.29 is 13.6 Å². The van der Waals surface area contributed by atoms with Gasteiger partial charge in [-0.25, -0.2) is 9.37 Å². The Morgan fingerprint density at radius 1 is 1.35 bits per heavy atom. The lowest BCUT2D eigenvalue weighted by molar-refractivity contribution is -0.129. The Kier molecular flexibility index (Phi) is 5.29. The smallest absolute Gasteiger partial charge is 0.239 e. The van der Waals surface area contributed by atoms with Crippen molar-refractivity contribution in [2.75, 3.05) is 14.1 Å². The number of carbonyl (C=O) groups is 1.